The van der Waals surface area contributed by atoms with Gasteiger partial charge in [-0.15, -0.1) is 5.92 Å². The summed E-state index contributed by atoms with van der Waals surface area (Å²) in [6.45, 7) is 1.94. The van der Waals surface area contributed by atoms with Gasteiger partial charge in [0.05, 0.1) is 0 Å². The quantitative estimate of drug-likeness (QED) is 0.557. The van der Waals surface area contributed by atoms with Crippen LogP contribution in [-0.4, -0.2) is 0 Å². The zero-order chi connectivity index (χ0) is 15.7. The fourth-order valence-electron chi connectivity index (χ4n) is 3.82. The Bertz CT molecular complexity index is 862. The van der Waals surface area contributed by atoms with Crippen molar-refractivity contribution < 1.29 is 0 Å². The molecule has 0 atom stereocenters. The number of fused-ring (bicyclic) bond motifs is 2. The summed E-state index contributed by atoms with van der Waals surface area (Å²) in [5.74, 6) is 6.79. The zero-order valence-electron chi connectivity index (χ0n) is 13.2. The van der Waals surface area contributed by atoms with Gasteiger partial charge in [-0.3, -0.25) is 0 Å². The Balaban J connectivity index is 2.14. The van der Waals surface area contributed by atoms with Gasteiger partial charge in [-0.2, -0.15) is 0 Å². The molecule has 0 spiro atoms. The standard InChI is InChI=1S/C23H18/c1-2-16-23(20-12-4-3-5-13-20)21-14-8-6-10-18(21)17-19-11-7-9-15-22(19)23/h3-15H,17H2,1H3. The monoisotopic (exact) mass is 294 g/mol. The minimum absolute atomic E-state index is 0.374. The molecule has 0 amide bonds. The van der Waals surface area contributed by atoms with E-state index < -0.39 is 0 Å². The second kappa shape index (κ2) is 5.45. The Morgan fingerprint density at radius 1 is 0.696 bits per heavy atom. The van der Waals surface area contributed by atoms with Crippen molar-refractivity contribution in [1.82, 2.24) is 0 Å². The van der Waals surface area contributed by atoms with Crippen LogP contribution in [0.3, 0.4) is 0 Å². The maximum absolute atomic E-state index is 3.58. The summed E-state index contributed by atoms with van der Waals surface area (Å²) in [6, 6.07) is 28.1. The molecule has 0 radical (unpaired) electrons. The van der Waals surface area contributed by atoms with Crippen molar-refractivity contribution in [2.24, 2.45) is 0 Å². The van der Waals surface area contributed by atoms with E-state index in [4.69, 9.17) is 0 Å². The van der Waals surface area contributed by atoms with Crippen LogP contribution >= 0.6 is 0 Å². The van der Waals surface area contributed by atoms with Gasteiger partial charge in [0.1, 0.15) is 5.41 Å². The first-order valence-electron chi connectivity index (χ1n) is 8.02. The molecule has 0 unspecified atom stereocenters. The Kier molecular flexibility index (Phi) is 3.28. The van der Waals surface area contributed by atoms with E-state index in [-0.39, 0.29) is 5.41 Å². The van der Waals surface area contributed by atoms with Gasteiger partial charge in [0.2, 0.25) is 0 Å². The van der Waals surface area contributed by atoms with Gasteiger partial charge in [0.25, 0.3) is 0 Å². The van der Waals surface area contributed by atoms with Crippen LogP contribution in [-0.2, 0) is 11.8 Å². The van der Waals surface area contributed by atoms with Crippen LogP contribution in [0.25, 0.3) is 0 Å². The highest BCUT2D eigenvalue weighted by atomic mass is 14.4. The van der Waals surface area contributed by atoms with Gasteiger partial charge in [-0.05, 0) is 41.2 Å². The Labute approximate surface area is 137 Å². The predicted molar refractivity (Wildman–Crippen MR) is 95.5 cm³/mol. The molecule has 1 aliphatic rings. The fourth-order valence-corrected chi connectivity index (χ4v) is 3.82. The van der Waals surface area contributed by atoms with Crippen molar-refractivity contribution in [3.63, 3.8) is 0 Å². The average molecular weight is 294 g/mol. The molecule has 3 aromatic carbocycles. The van der Waals surface area contributed by atoms with E-state index in [1.165, 1.54) is 27.8 Å². The third kappa shape index (κ3) is 2.01. The highest BCUT2D eigenvalue weighted by Crippen LogP contribution is 2.45. The summed E-state index contributed by atoms with van der Waals surface area (Å²) in [4.78, 5) is 0. The lowest BCUT2D eigenvalue weighted by Gasteiger charge is -2.37. The summed E-state index contributed by atoms with van der Waals surface area (Å²) < 4.78 is 0. The molecular formula is C23H18. The molecule has 0 N–H and O–H groups in total. The minimum atomic E-state index is -0.374. The van der Waals surface area contributed by atoms with Crippen LogP contribution in [0.5, 0.6) is 0 Å². The molecule has 1 aliphatic carbocycles. The molecule has 0 saturated carbocycles. The van der Waals surface area contributed by atoms with E-state index in [0.717, 1.165) is 6.42 Å². The molecule has 0 aromatic heterocycles. The number of hydrogen-bond donors (Lipinski definition) is 0. The Morgan fingerprint density at radius 3 is 1.78 bits per heavy atom. The van der Waals surface area contributed by atoms with Crippen LogP contribution in [0, 0.1) is 11.8 Å². The van der Waals surface area contributed by atoms with Crippen molar-refractivity contribution in [1.29, 1.82) is 0 Å². The van der Waals surface area contributed by atoms with Crippen molar-refractivity contribution in [3.8, 4) is 11.8 Å². The second-order valence-electron chi connectivity index (χ2n) is 5.98. The summed E-state index contributed by atoms with van der Waals surface area (Å²) in [5.41, 5.74) is 6.25. The molecule has 0 fully saturated rings. The van der Waals surface area contributed by atoms with Crippen LogP contribution < -0.4 is 0 Å². The summed E-state index contributed by atoms with van der Waals surface area (Å²) >= 11 is 0. The molecule has 0 nitrogen and oxygen atoms in total. The van der Waals surface area contributed by atoms with E-state index in [9.17, 15) is 0 Å². The second-order valence-corrected chi connectivity index (χ2v) is 5.98. The minimum Gasteiger partial charge on any atom is -0.105 e. The molecule has 0 aliphatic heterocycles. The molecule has 0 saturated heterocycles. The predicted octanol–water partition coefficient (Wildman–Crippen LogP) is 4.95. The lowest BCUT2D eigenvalue weighted by Crippen LogP contribution is -2.33. The molecule has 23 heavy (non-hydrogen) atoms. The molecular weight excluding hydrogens is 276 g/mol. The van der Waals surface area contributed by atoms with Crippen LogP contribution in [0.4, 0.5) is 0 Å². The van der Waals surface area contributed by atoms with Gasteiger partial charge >= 0.3 is 0 Å². The maximum Gasteiger partial charge on any atom is 0.107 e. The van der Waals surface area contributed by atoms with Gasteiger partial charge in [0, 0.05) is 0 Å². The van der Waals surface area contributed by atoms with Crippen molar-refractivity contribution in [3.05, 3.63) is 107 Å². The van der Waals surface area contributed by atoms with Gasteiger partial charge in [-0.25, -0.2) is 0 Å². The molecule has 4 rings (SSSR count). The first-order chi connectivity index (χ1) is 11.4. The summed E-state index contributed by atoms with van der Waals surface area (Å²) in [6.07, 6.45) is 0.978. The first-order valence-corrected chi connectivity index (χ1v) is 8.02. The lowest BCUT2D eigenvalue weighted by molar-refractivity contribution is 0.755. The summed E-state index contributed by atoms with van der Waals surface area (Å²) in [7, 11) is 0. The van der Waals surface area contributed by atoms with E-state index in [1.807, 2.05) is 6.92 Å². The van der Waals surface area contributed by atoms with Crippen molar-refractivity contribution in [2.75, 3.05) is 0 Å². The van der Waals surface area contributed by atoms with Crippen LogP contribution in [0.15, 0.2) is 78.9 Å². The van der Waals surface area contributed by atoms with Crippen molar-refractivity contribution in [2.45, 2.75) is 18.8 Å². The van der Waals surface area contributed by atoms with Gasteiger partial charge < -0.3 is 0 Å². The highest BCUT2D eigenvalue weighted by Gasteiger charge is 2.40. The molecule has 0 bridgehead atoms. The number of rotatable bonds is 1. The van der Waals surface area contributed by atoms with E-state index in [2.05, 4.69) is 90.7 Å². The van der Waals surface area contributed by atoms with Gasteiger partial charge in [0.15, 0.2) is 0 Å². The summed E-state index contributed by atoms with van der Waals surface area (Å²) in [5, 5.41) is 0. The molecule has 110 valence electrons. The average Bonchev–Trinajstić information content (AvgIpc) is 2.62. The molecule has 0 heteroatoms. The Morgan fingerprint density at radius 2 is 1.22 bits per heavy atom. The topological polar surface area (TPSA) is 0 Å². The lowest BCUT2D eigenvalue weighted by atomic mass is 9.63. The van der Waals surface area contributed by atoms with Gasteiger partial charge in [-0.1, -0.05) is 84.8 Å². The zero-order valence-corrected chi connectivity index (χ0v) is 13.2. The Hall–Kier alpha value is -2.78. The van der Waals surface area contributed by atoms with E-state index in [0.29, 0.717) is 0 Å². The van der Waals surface area contributed by atoms with E-state index >= 15 is 0 Å². The number of hydrogen-bond acceptors (Lipinski definition) is 0. The van der Waals surface area contributed by atoms with Crippen molar-refractivity contribution >= 4 is 0 Å². The normalized spacial score (nSPS) is 14.1. The number of benzene rings is 3. The smallest absolute Gasteiger partial charge is 0.105 e. The third-order valence-corrected chi connectivity index (χ3v) is 4.74. The third-order valence-electron chi connectivity index (χ3n) is 4.74. The SMILES string of the molecule is CC#CC1(c2ccccc2)c2ccccc2Cc2ccccc21. The molecule has 3 aromatic rings. The largest absolute Gasteiger partial charge is 0.107 e. The highest BCUT2D eigenvalue weighted by molar-refractivity contribution is 5.65. The first kappa shape index (κ1) is 13.9. The van der Waals surface area contributed by atoms with E-state index in [1.54, 1.807) is 0 Å². The fraction of sp³-hybridized carbons (Fsp3) is 0.130. The maximum atomic E-state index is 3.58. The molecule has 0 heterocycles. The van der Waals surface area contributed by atoms with Crippen LogP contribution in [0.1, 0.15) is 34.7 Å². The van der Waals surface area contributed by atoms with Crippen LogP contribution in [0.2, 0.25) is 0 Å².